The number of nitrogens with zero attached hydrogens (tertiary/aromatic N) is 3. The standard InChI is InChI=1S/C22H24ClN3O2/c23-15-8-10-16(11-9-15)26-22(28-14-17-5-3-4-12-27-17)19-13-24-20-7-2-1-6-18(20)21(19)25-26/h8-11,13,17H,1-7,12,14H2. The van der Waals surface area contributed by atoms with Gasteiger partial charge in [0.1, 0.15) is 12.1 Å². The molecule has 1 atom stereocenters. The van der Waals surface area contributed by atoms with Gasteiger partial charge < -0.3 is 9.47 Å². The normalized spacial score (nSPS) is 19.5. The maximum Gasteiger partial charge on any atom is 0.226 e. The van der Waals surface area contributed by atoms with Gasteiger partial charge in [-0.05, 0) is 69.2 Å². The molecule has 1 saturated heterocycles. The average molecular weight is 398 g/mol. The number of hydrogen-bond donors (Lipinski definition) is 0. The molecule has 5 rings (SSSR count). The van der Waals surface area contributed by atoms with Gasteiger partial charge in [-0.2, -0.15) is 9.78 Å². The Morgan fingerprint density at radius 2 is 1.96 bits per heavy atom. The third-order valence-corrected chi connectivity index (χ3v) is 5.96. The molecule has 0 bridgehead atoms. The van der Waals surface area contributed by atoms with Gasteiger partial charge in [-0.15, -0.1) is 0 Å². The van der Waals surface area contributed by atoms with Gasteiger partial charge >= 0.3 is 0 Å². The van der Waals surface area contributed by atoms with Crippen molar-refractivity contribution in [1.29, 1.82) is 0 Å². The van der Waals surface area contributed by atoms with Gasteiger partial charge in [0, 0.05) is 29.1 Å². The van der Waals surface area contributed by atoms with Gasteiger partial charge in [0.2, 0.25) is 5.88 Å². The van der Waals surface area contributed by atoms with Crippen LogP contribution in [0.1, 0.15) is 43.4 Å². The Labute approximate surface area is 169 Å². The highest BCUT2D eigenvalue weighted by Crippen LogP contribution is 2.34. The highest BCUT2D eigenvalue weighted by atomic mass is 35.5. The van der Waals surface area contributed by atoms with E-state index in [1.807, 2.05) is 35.1 Å². The lowest BCUT2D eigenvalue weighted by Gasteiger charge is -2.22. The molecule has 2 aliphatic rings. The van der Waals surface area contributed by atoms with Crippen LogP contribution in [0.15, 0.2) is 30.5 Å². The van der Waals surface area contributed by atoms with E-state index in [0.717, 1.165) is 54.8 Å². The Morgan fingerprint density at radius 1 is 1.11 bits per heavy atom. The lowest BCUT2D eigenvalue weighted by atomic mass is 9.95. The van der Waals surface area contributed by atoms with Crippen molar-refractivity contribution >= 4 is 22.5 Å². The lowest BCUT2D eigenvalue weighted by Crippen LogP contribution is -2.26. The highest BCUT2D eigenvalue weighted by Gasteiger charge is 2.23. The van der Waals surface area contributed by atoms with E-state index < -0.39 is 0 Å². The van der Waals surface area contributed by atoms with Crippen LogP contribution in [-0.2, 0) is 17.6 Å². The zero-order chi connectivity index (χ0) is 18.9. The summed E-state index contributed by atoms with van der Waals surface area (Å²) in [5, 5.41) is 6.64. The van der Waals surface area contributed by atoms with Gasteiger partial charge in [0.25, 0.3) is 0 Å². The van der Waals surface area contributed by atoms with Crippen LogP contribution in [0.25, 0.3) is 16.6 Å². The minimum atomic E-state index is 0.142. The molecule has 1 aliphatic carbocycles. The number of aryl methyl sites for hydroxylation is 2. The van der Waals surface area contributed by atoms with Gasteiger partial charge in [-0.3, -0.25) is 4.98 Å². The number of fused-ring (bicyclic) bond motifs is 3. The van der Waals surface area contributed by atoms with Crippen LogP contribution >= 0.6 is 11.6 Å². The second-order valence-corrected chi connectivity index (χ2v) is 8.08. The third kappa shape index (κ3) is 3.38. The minimum Gasteiger partial charge on any atom is -0.474 e. The van der Waals surface area contributed by atoms with Crippen molar-refractivity contribution in [2.75, 3.05) is 13.2 Å². The summed E-state index contributed by atoms with van der Waals surface area (Å²) >= 11 is 6.09. The summed E-state index contributed by atoms with van der Waals surface area (Å²) in [5.41, 5.74) is 4.40. The SMILES string of the molecule is Clc1ccc(-n2nc3c4c(ncc3c2OCC2CCCCO2)CCCC4)cc1. The molecule has 6 heteroatoms. The number of rotatable bonds is 4. The van der Waals surface area contributed by atoms with E-state index in [1.54, 1.807) is 0 Å². The van der Waals surface area contributed by atoms with E-state index in [-0.39, 0.29) is 6.10 Å². The molecule has 0 N–H and O–H groups in total. The fraction of sp³-hybridized carbons (Fsp3) is 0.455. The van der Waals surface area contributed by atoms with E-state index in [2.05, 4.69) is 0 Å². The molecule has 3 aromatic rings. The van der Waals surface area contributed by atoms with Crippen molar-refractivity contribution in [1.82, 2.24) is 14.8 Å². The zero-order valence-corrected chi connectivity index (χ0v) is 16.6. The molecule has 1 aliphatic heterocycles. The molecule has 28 heavy (non-hydrogen) atoms. The van der Waals surface area contributed by atoms with Crippen LogP contribution in [0.3, 0.4) is 0 Å². The Morgan fingerprint density at radius 3 is 2.79 bits per heavy atom. The molecule has 2 aromatic heterocycles. The highest BCUT2D eigenvalue weighted by molar-refractivity contribution is 6.30. The predicted molar refractivity (Wildman–Crippen MR) is 110 cm³/mol. The first-order chi connectivity index (χ1) is 13.8. The summed E-state index contributed by atoms with van der Waals surface area (Å²) in [6.45, 7) is 1.35. The first-order valence-corrected chi connectivity index (χ1v) is 10.6. The van der Waals surface area contributed by atoms with E-state index in [0.29, 0.717) is 11.6 Å². The lowest BCUT2D eigenvalue weighted by molar-refractivity contribution is -0.0121. The summed E-state index contributed by atoms with van der Waals surface area (Å²) in [4.78, 5) is 4.74. The number of halogens is 1. The van der Waals surface area contributed by atoms with Crippen molar-refractivity contribution in [3.8, 4) is 11.6 Å². The Bertz CT molecular complexity index is 978. The van der Waals surface area contributed by atoms with Gasteiger partial charge in [-0.1, -0.05) is 11.6 Å². The first kappa shape index (κ1) is 18.0. The van der Waals surface area contributed by atoms with Crippen molar-refractivity contribution in [2.45, 2.75) is 51.0 Å². The van der Waals surface area contributed by atoms with Gasteiger partial charge in [0.15, 0.2) is 0 Å². The largest absolute Gasteiger partial charge is 0.474 e. The van der Waals surface area contributed by atoms with Crippen molar-refractivity contribution < 1.29 is 9.47 Å². The minimum absolute atomic E-state index is 0.142. The second-order valence-electron chi connectivity index (χ2n) is 7.65. The fourth-order valence-electron chi connectivity index (χ4n) is 4.19. The smallest absolute Gasteiger partial charge is 0.226 e. The van der Waals surface area contributed by atoms with Crippen LogP contribution in [0.5, 0.6) is 5.88 Å². The number of aromatic nitrogens is 3. The molecule has 1 unspecified atom stereocenters. The summed E-state index contributed by atoms with van der Waals surface area (Å²) < 4.78 is 14.0. The number of benzene rings is 1. The molecule has 0 saturated carbocycles. The third-order valence-electron chi connectivity index (χ3n) is 5.70. The summed E-state index contributed by atoms with van der Waals surface area (Å²) in [6, 6.07) is 7.70. The molecule has 3 heterocycles. The summed E-state index contributed by atoms with van der Waals surface area (Å²) in [7, 11) is 0. The van der Waals surface area contributed by atoms with Crippen LogP contribution in [0.4, 0.5) is 0 Å². The molecule has 1 fully saturated rings. The number of pyridine rings is 1. The van der Waals surface area contributed by atoms with E-state index in [1.165, 1.54) is 30.5 Å². The summed E-state index contributed by atoms with van der Waals surface area (Å²) in [6.07, 6.45) is 9.89. The van der Waals surface area contributed by atoms with Crippen LogP contribution < -0.4 is 4.74 Å². The van der Waals surface area contributed by atoms with E-state index in [4.69, 9.17) is 31.2 Å². The van der Waals surface area contributed by atoms with Crippen molar-refractivity contribution in [2.24, 2.45) is 0 Å². The Kier molecular flexibility index (Phi) is 4.95. The molecular formula is C22H24ClN3O2. The van der Waals surface area contributed by atoms with E-state index >= 15 is 0 Å². The second kappa shape index (κ2) is 7.72. The monoisotopic (exact) mass is 397 g/mol. The van der Waals surface area contributed by atoms with Crippen LogP contribution in [0.2, 0.25) is 5.02 Å². The van der Waals surface area contributed by atoms with Crippen molar-refractivity contribution in [3.63, 3.8) is 0 Å². The molecule has 5 nitrogen and oxygen atoms in total. The molecular weight excluding hydrogens is 374 g/mol. The molecule has 146 valence electrons. The Hall–Kier alpha value is -2.11. The van der Waals surface area contributed by atoms with Gasteiger partial charge in [-0.25, -0.2) is 0 Å². The van der Waals surface area contributed by atoms with Crippen LogP contribution in [-0.4, -0.2) is 34.1 Å². The maximum atomic E-state index is 6.31. The predicted octanol–water partition coefficient (Wildman–Crippen LogP) is 4.90. The van der Waals surface area contributed by atoms with Crippen molar-refractivity contribution in [3.05, 3.63) is 46.7 Å². The Balaban J connectivity index is 1.57. The maximum absolute atomic E-state index is 6.31. The quantitative estimate of drug-likeness (QED) is 0.628. The molecule has 0 radical (unpaired) electrons. The number of hydrogen-bond acceptors (Lipinski definition) is 4. The fourth-order valence-corrected chi connectivity index (χ4v) is 4.32. The molecule has 1 aromatic carbocycles. The van der Waals surface area contributed by atoms with Crippen LogP contribution in [0, 0.1) is 0 Å². The van der Waals surface area contributed by atoms with Gasteiger partial charge in [0.05, 0.1) is 17.2 Å². The topological polar surface area (TPSA) is 49.2 Å². The molecule has 0 spiro atoms. The number of ether oxygens (including phenoxy) is 2. The average Bonchev–Trinajstić information content (AvgIpc) is 3.12. The zero-order valence-electron chi connectivity index (χ0n) is 15.9. The van der Waals surface area contributed by atoms with E-state index in [9.17, 15) is 0 Å². The molecule has 0 amide bonds. The first-order valence-electron chi connectivity index (χ1n) is 10.2. The summed E-state index contributed by atoms with van der Waals surface area (Å²) in [5.74, 6) is 0.743.